The smallest absolute Gasteiger partial charge is 0.234 e. The average molecular weight is 435 g/mol. The van der Waals surface area contributed by atoms with Crippen LogP contribution in [0.2, 0.25) is 0 Å². The van der Waals surface area contributed by atoms with E-state index < -0.39 is 0 Å². The van der Waals surface area contributed by atoms with Gasteiger partial charge in [0.2, 0.25) is 11.7 Å². The molecule has 7 nitrogen and oxygen atoms in total. The molecule has 2 heterocycles. The summed E-state index contributed by atoms with van der Waals surface area (Å²) in [6.45, 7) is 4.00. The second-order valence-electron chi connectivity index (χ2n) is 6.97. The Morgan fingerprint density at radius 1 is 1.13 bits per heavy atom. The van der Waals surface area contributed by atoms with Crippen molar-refractivity contribution < 1.29 is 13.9 Å². The van der Waals surface area contributed by atoms with Crippen molar-refractivity contribution in [3.05, 3.63) is 72.0 Å². The number of aromatic nitrogens is 3. The van der Waals surface area contributed by atoms with E-state index in [1.807, 2.05) is 66.9 Å². The molecule has 1 N–H and O–H groups in total. The number of carbonyl (C=O) groups excluding carboxylic acids is 1. The SMILES string of the molecule is COc1ccc(-n2c(SCC(=O)Nc3ccc(C)cc3C)nnc2-c2ccco2)cc1. The summed E-state index contributed by atoms with van der Waals surface area (Å²) < 4.78 is 12.7. The van der Waals surface area contributed by atoms with Crippen LogP contribution in [0.3, 0.4) is 0 Å². The molecule has 0 unspecified atom stereocenters. The molecule has 0 saturated heterocycles. The van der Waals surface area contributed by atoms with Crippen molar-refractivity contribution in [2.45, 2.75) is 19.0 Å². The van der Waals surface area contributed by atoms with Gasteiger partial charge in [0, 0.05) is 5.69 Å². The first kappa shape index (κ1) is 20.7. The molecule has 2 aromatic heterocycles. The van der Waals surface area contributed by atoms with Gasteiger partial charge in [0.25, 0.3) is 0 Å². The molecule has 0 aliphatic heterocycles. The molecule has 0 aliphatic carbocycles. The van der Waals surface area contributed by atoms with Crippen LogP contribution in [0.15, 0.2) is 70.4 Å². The van der Waals surface area contributed by atoms with E-state index in [1.165, 1.54) is 11.8 Å². The molecule has 0 radical (unpaired) electrons. The summed E-state index contributed by atoms with van der Waals surface area (Å²) in [7, 11) is 1.62. The summed E-state index contributed by atoms with van der Waals surface area (Å²) in [6, 6.07) is 17.1. The molecule has 0 saturated carbocycles. The van der Waals surface area contributed by atoms with Gasteiger partial charge < -0.3 is 14.5 Å². The van der Waals surface area contributed by atoms with E-state index in [-0.39, 0.29) is 11.7 Å². The summed E-state index contributed by atoms with van der Waals surface area (Å²) in [5.41, 5.74) is 3.83. The molecule has 1 amide bonds. The maximum Gasteiger partial charge on any atom is 0.234 e. The first-order chi connectivity index (χ1) is 15.0. The lowest BCUT2D eigenvalue weighted by Crippen LogP contribution is -2.15. The van der Waals surface area contributed by atoms with Gasteiger partial charge in [0.1, 0.15) is 5.75 Å². The van der Waals surface area contributed by atoms with Crippen LogP contribution >= 0.6 is 11.8 Å². The fraction of sp³-hybridized carbons (Fsp3) is 0.174. The lowest BCUT2D eigenvalue weighted by atomic mass is 10.1. The minimum atomic E-state index is -0.110. The van der Waals surface area contributed by atoms with Crippen LogP contribution in [0, 0.1) is 13.8 Å². The molecule has 158 valence electrons. The standard InChI is InChI=1S/C23H22N4O3S/c1-15-6-11-19(16(2)13-15)24-21(28)14-31-23-26-25-22(20-5-4-12-30-20)27(23)17-7-9-18(29-3)10-8-17/h4-13H,14H2,1-3H3,(H,24,28). The number of amides is 1. The van der Waals surface area contributed by atoms with Gasteiger partial charge in [-0.05, 0) is 61.9 Å². The maximum atomic E-state index is 12.6. The van der Waals surface area contributed by atoms with Crippen molar-refractivity contribution in [2.75, 3.05) is 18.2 Å². The van der Waals surface area contributed by atoms with Crippen LogP contribution in [0.5, 0.6) is 5.75 Å². The molecule has 0 fully saturated rings. The average Bonchev–Trinajstić information content (AvgIpc) is 3.44. The number of thioether (sulfide) groups is 1. The Morgan fingerprint density at radius 2 is 1.94 bits per heavy atom. The first-order valence-electron chi connectivity index (χ1n) is 9.69. The van der Waals surface area contributed by atoms with Crippen molar-refractivity contribution in [3.63, 3.8) is 0 Å². The van der Waals surface area contributed by atoms with Crippen molar-refractivity contribution in [1.29, 1.82) is 0 Å². The summed E-state index contributed by atoms with van der Waals surface area (Å²) in [4.78, 5) is 12.6. The minimum absolute atomic E-state index is 0.110. The molecule has 4 rings (SSSR count). The van der Waals surface area contributed by atoms with Gasteiger partial charge in [0.15, 0.2) is 10.9 Å². The number of nitrogens with one attached hydrogen (secondary N) is 1. The summed E-state index contributed by atoms with van der Waals surface area (Å²) in [5, 5.41) is 12.2. The normalized spacial score (nSPS) is 10.8. The highest BCUT2D eigenvalue weighted by Gasteiger charge is 2.19. The third-order valence-corrected chi connectivity index (χ3v) is 5.62. The van der Waals surface area contributed by atoms with Crippen molar-refractivity contribution in [3.8, 4) is 23.0 Å². The lowest BCUT2D eigenvalue weighted by Gasteiger charge is -2.11. The number of hydrogen-bond acceptors (Lipinski definition) is 6. The van der Waals surface area contributed by atoms with Gasteiger partial charge in [-0.15, -0.1) is 10.2 Å². The molecule has 2 aromatic carbocycles. The Balaban J connectivity index is 1.57. The molecule has 31 heavy (non-hydrogen) atoms. The number of hydrogen-bond donors (Lipinski definition) is 1. The first-order valence-corrected chi connectivity index (χ1v) is 10.7. The number of furan rings is 1. The van der Waals surface area contributed by atoms with E-state index in [1.54, 1.807) is 19.4 Å². The molecule has 0 bridgehead atoms. The third-order valence-electron chi connectivity index (χ3n) is 4.69. The summed E-state index contributed by atoms with van der Waals surface area (Å²) >= 11 is 1.31. The predicted octanol–water partition coefficient (Wildman–Crippen LogP) is 4.88. The van der Waals surface area contributed by atoms with Gasteiger partial charge in [-0.1, -0.05) is 29.5 Å². The Kier molecular flexibility index (Phi) is 6.08. The van der Waals surface area contributed by atoms with Gasteiger partial charge in [-0.25, -0.2) is 0 Å². The van der Waals surface area contributed by atoms with Gasteiger partial charge in [-0.2, -0.15) is 0 Å². The zero-order valence-electron chi connectivity index (χ0n) is 17.5. The number of carbonyl (C=O) groups is 1. The Hall–Kier alpha value is -3.52. The van der Waals surface area contributed by atoms with Crippen LogP contribution in [0.25, 0.3) is 17.3 Å². The number of anilines is 1. The van der Waals surface area contributed by atoms with E-state index in [0.29, 0.717) is 16.7 Å². The van der Waals surface area contributed by atoms with Crippen LogP contribution in [0.1, 0.15) is 11.1 Å². The Bertz CT molecular complexity index is 1180. The van der Waals surface area contributed by atoms with Crippen molar-refractivity contribution in [2.24, 2.45) is 0 Å². The highest BCUT2D eigenvalue weighted by molar-refractivity contribution is 7.99. The Morgan fingerprint density at radius 3 is 2.61 bits per heavy atom. The number of benzene rings is 2. The zero-order chi connectivity index (χ0) is 21.8. The van der Waals surface area contributed by atoms with Gasteiger partial charge in [0.05, 0.1) is 24.8 Å². The zero-order valence-corrected chi connectivity index (χ0v) is 18.3. The molecular weight excluding hydrogens is 412 g/mol. The van der Waals surface area contributed by atoms with E-state index in [0.717, 1.165) is 28.3 Å². The second kappa shape index (κ2) is 9.09. The van der Waals surface area contributed by atoms with E-state index in [2.05, 4.69) is 15.5 Å². The molecule has 0 spiro atoms. The second-order valence-corrected chi connectivity index (χ2v) is 7.91. The number of nitrogens with zero attached hydrogens (tertiary/aromatic N) is 3. The van der Waals surface area contributed by atoms with Gasteiger partial charge >= 0.3 is 0 Å². The lowest BCUT2D eigenvalue weighted by molar-refractivity contribution is -0.113. The van der Waals surface area contributed by atoms with Crippen LogP contribution in [-0.4, -0.2) is 33.5 Å². The van der Waals surface area contributed by atoms with Crippen LogP contribution in [0.4, 0.5) is 5.69 Å². The monoisotopic (exact) mass is 434 g/mol. The molecular formula is C23H22N4O3S. The van der Waals surface area contributed by atoms with E-state index in [9.17, 15) is 4.79 Å². The molecule has 8 heteroatoms. The fourth-order valence-corrected chi connectivity index (χ4v) is 3.92. The summed E-state index contributed by atoms with van der Waals surface area (Å²) in [6.07, 6.45) is 1.59. The topological polar surface area (TPSA) is 82.2 Å². The quantitative estimate of drug-likeness (QED) is 0.417. The molecule has 0 atom stereocenters. The highest BCUT2D eigenvalue weighted by atomic mass is 32.2. The van der Waals surface area contributed by atoms with Crippen LogP contribution < -0.4 is 10.1 Å². The van der Waals surface area contributed by atoms with Crippen molar-refractivity contribution in [1.82, 2.24) is 14.8 Å². The summed E-state index contributed by atoms with van der Waals surface area (Å²) in [5.74, 6) is 1.99. The van der Waals surface area contributed by atoms with Crippen molar-refractivity contribution >= 4 is 23.4 Å². The number of ether oxygens (including phenoxy) is 1. The number of aryl methyl sites for hydroxylation is 2. The van der Waals surface area contributed by atoms with Gasteiger partial charge in [-0.3, -0.25) is 9.36 Å². The Labute approximate surface area is 184 Å². The van der Waals surface area contributed by atoms with E-state index >= 15 is 0 Å². The third kappa shape index (κ3) is 4.64. The molecule has 0 aliphatic rings. The highest BCUT2D eigenvalue weighted by Crippen LogP contribution is 2.29. The maximum absolute atomic E-state index is 12.6. The number of rotatable bonds is 7. The minimum Gasteiger partial charge on any atom is -0.497 e. The number of methoxy groups -OCH3 is 1. The molecule has 4 aromatic rings. The predicted molar refractivity (Wildman–Crippen MR) is 121 cm³/mol. The fourth-order valence-electron chi connectivity index (χ4n) is 3.16. The largest absolute Gasteiger partial charge is 0.497 e. The van der Waals surface area contributed by atoms with Crippen LogP contribution in [-0.2, 0) is 4.79 Å². The van der Waals surface area contributed by atoms with E-state index in [4.69, 9.17) is 9.15 Å².